The molecule has 1 saturated heterocycles. The molecule has 14 heavy (non-hydrogen) atoms. The molecule has 0 aromatic heterocycles. The number of carbonyl (C=O) groups is 1. The number of piperidine rings is 1. The fraction of sp³-hybridized carbons (Fsp3) is 0.583. The van der Waals surface area contributed by atoms with Gasteiger partial charge >= 0.3 is 0 Å². The van der Waals surface area contributed by atoms with Crippen molar-refractivity contribution in [1.29, 1.82) is 0 Å². The minimum Gasteiger partial charge on any atom is -0.317 e. The number of carbonyl (C=O) groups excluding carboxylic acids is 1. The summed E-state index contributed by atoms with van der Waals surface area (Å²) in [6.07, 6.45) is 10.1. The SMILES string of the molecule is O=C(C1=CC=CCC1)C1CCNCC1. The maximum atomic E-state index is 12.0. The van der Waals surface area contributed by atoms with Gasteiger partial charge in [-0.15, -0.1) is 0 Å². The van der Waals surface area contributed by atoms with E-state index >= 15 is 0 Å². The summed E-state index contributed by atoms with van der Waals surface area (Å²) in [5, 5.41) is 3.29. The van der Waals surface area contributed by atoms with Crippen LogP contribution in [-0.2, 0) is 4.79 Å². The predicted octanol–water partition coefficient (Wildman–Crippen LogP) is 1.83. The summed E-state index contributed by atoms with van der Waals surface area (Å²) in [4.78, 5) is 12.0. The molecule has 1 aliphatic carbocycles. The quantitative estimate of drug-likeness (QED) is 0.721. The highest BCUT2D eigenvalue weighted by Gasteiger charge is 2.23. The Morgan fingerprint density at radius 2 is 2.14 bits per heavy atom. The van der Waals surface area contributed by atoms with Crippen LogP contribution in [0.4, 0.5) is 0 Å². The Kier molecular flexibility index (Phi) is 3.14. The summed E-state index contributed by atoms with van der Waals surface area (Å²) in [5.41, 5.74) is 1.04. The topological polar surface area (TPSA) is 29.1 Å². The molecule has 0 atom stereocenters. The maximum Gasteiger partial charge on any atom is 0.162 e. The van der Waals surface area contributed by atoms with Crippen molar-refractivity contribution in [2.24, 2.45) is 5.92 Å². The lowest BCUT2D eigenvalue weighted by Gasteiger charge is -2.22. The molecule has 2 aliphatic rings. The molecule has 0 unspecified atom stereocenters. The van der Waals surface area contributed by atoms with Crippen molar-refractivity contribution in [2.75, 3.05) is 13.1 Å². The Balaban J connectivity index is 1.99. The van der Waals surface area contributed by atoms with Gasteiger partial charge in [0.1, 0.15) is 0 Å². The van der Waals surface area contributed by atoms with Crippen LogP contribution in [0.3, 0.4) is 0 Å². The van der Waals surface area contributed by atoms with Crippen molar-refractivity contribution < 1.29 is 4.79 Å². The van der Waals surface area contributed by atoms with Gasteiger partial charge < -0.3 is 5.32 Å². The van der Waals surface area contributed by atoms with E-state index in [1.807, 2.05) is 12.2 Å². The van der Waals surface area contributed by atoms with Gasteiger partial charge in [0.25, 0.3) is 0 Å². The van der Waals surface area contributed by atoms with Gasteiger partial charge in [0.05, 0.1) is 0 Å². The van der Waals surface area contributed by atoms with Crippen molar-refractivity contribution in [2.45, 2.75) is 25.7 Å². The normalized spacial score (nSPS) is 23.3. The molecule has 0 aromatic rings. The van der Waals surface area contributed by atoms with Crippen molar-refractivity contribution in [3.63, 3.8) is 0 Å². The Labute approximate surface area is 85.1 Å². The number of allylic oxidation sites excluding steroid dienone is 4. The van der Waals surface area contributed by atoms with Crippen LogP contribution in [0.15, 0.2) is 23.8 Å². The molecule has 1 fully saturated rings. The molecular formula is C12H17NO. The molecule has 1 N–H and O–H groups in total. The lowest BCUT2D eigenvalue weighted by atomic mass is 9.87. The molecule has 0 spiro atoms. The Morgan fingerprint density at radius 3 is 2.79 bits per heavy atom. The average Bonchev–Trinajstić information content (AvgIpc) is 2.30. The fourth-order valence-corrected chi connectivity index (χ4v) is 2.15. The van der Waals surface area contributed by atoms with E-state index in [4.69, 9.17) is 0 Å². The van der Waals surface area contributed by atoms with Gasteiger partial charge in [-0.25, -0.2) is 0 Å². The summed E-state index contributed by atoms with van der Waals surface area (Å²) >= 11 is 0. The molecule has 76 valence electrons. The second-order valence-electron chi connectivity index (χ2n) is 4.05. The molecule has 1 aliphatic heterocycles. The minimum atomic E-state index is 0.286. The Morgan fingerprint density at radius 1 is 1.36 bits per heavy atom. The molecule has 2 nitrogen and oxygen atoms in total. The first kappa shape index (κ1) is 9.66. The van der Waals surface area contributed by atoms with Gasteiger partial charge in [0.15, 0.2) is 5.78 Å². The van der Waals surface area contributed by atoms with Crippen LogP contribution in [-0.4, -0.2) is 18.9 Å². The first-order chi connectivity index (χ1) is 6.88. The van der Waals surface area contributed by atoms with Crippen molar-refractivity contribution in [3.05, 3.63) is 23.8 Å². The van der Waals surface area contributed by atoms with Crippen LogP contribution in [0, 0.1) is 5.92 Å². The molecule has 1 heterocycles. The molecule has 0 bridgehead atoms. The zero-order valence-electron chi connectivity index (χ0n) is 8.46. The van der Waals surface area contributed by atoms with E-state index in [1.165, 1.54) is 0 Å². The van der Waals surface area contributed by atoms with Crippen molar-refractivity contribution in [3.8, 4) is 0 Å². The Hall–Kier alpha value is -0.890. The van der Waals surface area contributed by atoms with E-state index in [-0.39, 0.29) is 5.92 Å². The number of nitrogens with one attached hydrogen (secondary N) is 1. The highest BCUT2D eigenvalue weighted by atomic mass is 16.1. The first-order valence-electron chi connectivity index (χ1n) is 5.48. The largest absolute Gasteiger partial charge is 0.317 e. The van der Waals surface area contributed by atoms with Crippen LogP contribution in [0.1, 0.15) is 25.7 Å². The second-order valence-corrected chi connectivity index (χ2v) is 4.05. The maximum absolute atomic E-state index is 12.0. The average molecular weight is 191 g/mol. The summed E-state index contributed by atoms with van der Waals surface area (Å²) < 4.78 is 0. The highest BCUT2D eigenvalue weighted by Crippen LogP contribution is 2.22. The zero-order valence-corrected chi connectivity index (χ0v) is 8.46. The van der Waals surface area contributed by atoms with Crippen LogP contribution < -0.4 is 5.32 Å². The predicted molar refractivity (Wildman–Crippen MR) is 57.1 cm³/mol. The highest BCUT2D eigenvalue weighted by molar-refractivity contribution is 5.97. The molecule has 2 rings (SSSR count). The van der Waals surface area contributed by atoms with Gasteiger partial charge in [-0.3, -0.25) is 4.79 Å². The van der Waals surface area contributed by atoms with Crippen LogP contribution >= 0.6 is 0 Å². The molecule has 0 aromatic carbocycles. The first-order valence-corrected chi connectivity index (χ1v) is 5.48. The minimum absolute atomic E-state index is 0.286. The number of hydrogen-bond donors (Lipinski definition) is 1. The van der Waals surface area contributed by atoms with Crippen LogP contribution in [0.5, 0.6) is 0 Å². The summed E-state index contributed by atoms with van der Waals surface area (Å²) in [6.45, 7) is 2.00. The monoisotopic (exact) mass is 191 g/mol. The van der Waals surface area contributed by atoms with Crippen LogP contribution in [0.25, 0.3) is 0 Å². The fourth-order valence-electron chi connectivity index (χ4n) is 2.15. The van der Waals surface area contributed by atoms with Gasteiger partial charge in [-0.05, 0) is 44.3 Å². The number of Topliss-reactive ketones (excluding diaryl/α,β-unsaturated/α-hetero) is 1. The Bertz CT molecular complexity index is 272. The lowest BCUT2D eigenvalue weighted by Crippen LogP contribution is -2.32. The summed E-state index contributed by atoms with van der Waals surface area (Å²) in [7, 11) is 0. The van der Waals surface area contributed by atoms with Gasteiger partial charge in [-0.2, -0.15) is 0 Å². The van der Waals surface area contributed by atoms with E-state index in [9.17, 15) is 4.79 Å². The standard InChI is InChI=1S/C12H17NO/c14-12(10-4-2-1-3-5-10)11-6-8-13-9-7-11/h1-2,4,11,13H,3,5-9H2. The van der Waals surface area contributed by atoms with Crippen molar-refractivity contribution in [1.82, 2.24) is 5.32 Å². The third-order valence-corrected chi connectivity index (χ3v) is 3.04. The third-order valence-electron chi connectivity index (χ3n) is 3.04. The van der Waals surface area contributed by atoms with Gasteiger partial charge in [0.2, 0.25) is 0 Å². The molecular weight excluding hydrogens is 174 g/mol. The van der Waals surface area contributed by atoms with Gasteiger partial charge in [-0.1, -0.05) is 18.2 Å². The molecule has 0 amide bonds. The van der Waals surface area contributed by atoms with E-state index in [2.05, 4.69) is 11.4 Å². The molecule has 0 saturated carbocycles. The van der Waals surface area contributed by atoms with Crippen molar-refractivity contribution >= 4 is 5.78 Å². The van der Waals surface area contributed by atoms with E-state index in [0.717, 1.165) is 44.3 Å². The summed E-state index contributed by atoms with van der Waals surface area (Å²) in [6, 6.07) is 0. The molecule has 2 heteroatoms. The number of rotatable bonds is 2. The number of ketones is 1. The summed E-state index contributed by atoms with van der Waals surface area (Å²) in [5.74, 6) is 0.685. The van der Waals surface area contributed by atoms with E-state index < -0.39 is 0 Å². The third kappa shape index (κ3) is 2.13. The zero-order chi connectivity index (χ0) is 9.80. The van der Waals surface area contributed by atoms with E-state index in [0.29, 0.717) is 5.78 Å². The molecule has 0 radical (unpaired) electrons. The van der Waals surface area contributed by atoms with E-state index in [1.54, 1.807) is 0 Å². The number of hydrogen-bond acceptors (Lipinski definition) is 2. The van der Waals surface area contributed by atoms with Gasteiger partial charge in [0, 0.05) is 5.92 Å². The lowest BCUT2D eigenvalue weighted by molar-refractivity contribution is -0.120. The van der Waals surface area contributed by atoms with Crippen LogP contribution in [0.2, 0.25) is 0 Å². The second kappa shape index (κ2) is 4.56. The smallest absolute Gasteiger partial charge is 0.162 e.